The molecule has 4 rings (SSSR count). The van der Waals surface area contributed by atoms with Crippen LogP contribution in [-0.4, -0.2) is 32.0 Å². The van der Waals surface area contributed by atoms with Crippen LogP contribution in [0.3, 0.4) is 0 Å². The summed E-state index contributed by atoms with van der Waals surface area (Å²) in [6.45, 7) is 2.65. The van der Waals surface area contributed by atoms with Gasteiger partial charge in [0, 0.05) is 37.3 Å². The van der Waals surface area contributed by atoms with Gasteiger partial charge in [-0.05, 0) is 67.8 Å². The van der Waals surface area contributed by atoms with Crippen LogP contribution < -0.4 is 9.64 Å². The molecule has 1 atom stereocenters. The second-order valence-electron chi connectivity index (χ2n) is 8.01. The predicted molar refractivity (Wildman–Crippen MR) is 123 cm³/mol. The zero-order chi connectivity index (χ0) is 21.8. The Balaban J connectivity index is 1.63. The molecular formula is C26H27N3O2. The molecular weight excluding hydrogens is 386 g/mol. The summed E-state index contributed by atoms with van der Waals surface area (Å²) in [6.07, 6.45) is 3.00. The first kappa shape index (κ1) is 20.9. The number of pyridine rings is 1. The van der Waals surface area contributed by atoms with Gasteiger partial charge in [0.2, 0.25) is 0 Å². The molecule has 1 fully saturated rings. The molecule has 0 aliphatic carbocycles. The number of aromatic nitrogens is 1. The lowest BCUT2D eigenvalue weighted by Gasteiger charge is -2.23. The number of ether oxygens (including phenoxy) is 2. The van der Waals surface area contributed by atoms with Gasteiger partial charge in [-0.15, -0.1) is 0 Å². The van der Waals surface area contributed by atoms with E-state index in [2.05, 4.69) is 35.2 Å². The first-order chi connectivity index (χ1) is 15.0. The topological polar surface area (TPSA) is 58.4 Å². The Kier molecular flexibility index (Phi) is 6.20. The summed E-state index contributed by atoms with van der Waals surface area (Å²) < 4.78 is 11.6. The van der Waals surface area contributed by atoms with Gasteiger partial charge in [0.05, 0.1) is 23.6 Å². The first-order valence-electron chi connectivity index (χ1n) is 10.6. The Bertz CT molecular complexity index is 1080. The SMILES string of the molecule is Cc1nc(-c2ccc(OC3CCCCO3)cc2)cc(-c2ccc(N(C)C)cc2)c1C#N. The van der Waals surface area contributed by atoms with Gasteiger partial charge in [-0.1, -0.05) is 12.1 Å². The molecule has 0 bridgehead atoms. The average Bonchev–Trinajstić information content (AvgIpc) is 2.80. The Morgan fingerprint density at radius 2 is 1.74 bits per heavy atom. The number of benzene rings is 2. The molecule has 0 N–H and O–H groups in total. The van der Waals surface area contributed by atoms with Crippen molar-refractivity contribution in [3.63, 3.8) is 0 Å². The summed E-state index contributed by atoms with van der Waals surface area (Å²) in [7, 11) is 4.02. The van der Waals surface area contributed by atoms with Crippen LogP contribution in [0.4, 0.5) is 5.69 Å². The molecule has 3 aromatic rings. The molecule has 5 nitrogen and oxygen atoms in total. The molecule has 0 amide bonds. The van der Waals surface area contributed by atoms with E-state index in [0.29, 0.717) is 5.56 Å². The van der Waals surface area contributed by atoms with Gasteiger partial charge in [-0.3, -0.25) is 4.98 Å². The standard InChI is InChI=1S/C26H27N3O2/c1-18-24(17-27)23(19-7-11-21(12-8-19)29(2)3)16-25(28-18)20-9-13-22(14-10-20)31-26-6-4-5-15-30-26/h7-14,16,26H,4-6,15H2,1-3H3. The quantitative estimate of drug-likeness (QED) is 0.547. The molecule has 1 unspecified atom stereocenters. The van der Waals surface area contributed by atoms with Gasteiger partial charge in [-0.25, -0.2) is 0 Å². The fourth-order valence-electron chi connectivity index (χ4n) is 3.79. The molecule has 158 valence electrons. The van der Waals surface area contributed by atoms with Gasteiger partial charge in [0.25, 0.3) is 0 Å². The third-order valence-corrected chi connectivity index (χ3v) is 5.56. The van der Waals surface area contributed by atoms with Gasteiger partial charge in [0.1, 0.15) is 11.8 Å². The normalized spacial score (nSPS) is 15.9. The predicted octanol–water partition coefficient (Wildman–Crippen LogP) is 5.57. The summed E-state index contributed by atoms with van der Waals surface area (Å²) >= 11 is 0. The number of nitrogens with zero attached hydrogens (tertiary/aromatic N) is 3. The van der Waals surface area contributed by atoms with E-state index in [1.54, 1.807) is 0 Å². The Hall–Kier alpha value is -3.36. The molecule has 31 heavy (non-hydrogen) atoms. The maximum absolute atomic E-state index is 9.73. The van der Waals surface area contributed by atoms with E-state index < -0.39 is 0 Å². The van der Waals surface area contributed by atoms with Crippen molar-refractivity contribution in [2.24, 2.45) is 0 Å². The highest BCUT2D eigenvalue weighted by molar-refractivity contribution is 5.77. The van der Waals surface area contributed by atoms with E-state index in [1.807, 2.05) is 51.4 Å². The highest BCUT2D eigenvalue weighted by Crippen LogP contribution is 2.32. The molecule has 5 heteroatoms. The van der Waals surface area contributed by atoms with Crippen LogP contribution >= 0.6 is 0 Å². The van der Waals surface area contributed by atoms with Crippen molar-refractivity contribution in [3.8, 4) is 34.2 Å². The molecule has 2 aromatic carbocycles. The van der Waals surface area contributed by atoms with E-state index in [4.69, 9.17) is 14.5 Å². The van der Waals surface area contributed by atoms with Crippen LogP contribution in [0.1, 0.15) is 30.5 Å². The highest BCUT2D eigenvalue weighted by atomic mass is 16.7. The van der Waals surface area contributed by atoms with E-state index in [-0.39, 0.29) is 6.29 Å². The first-order valence-corrected chi connectivity index (χ1v) is 10.6. The molecule has 0 spiro atoms. The van der Waals surface area contributed by atoms with E-state index in [9.17, 15) is 5.26 Å². The fourth-order valence-corrected chi connectivity index (χ4v) is 3.79. The van der Waals surface area contributed by atoms with E-state index >= 15 is 0 Å². The lowest BCUT2D eigenvalue weighted by Crippen LogP contribution is -2.24. The van der Waals surface area contributed by atoms with Crippen LogP contribution in [0, 0.1) is 18.3 Å². The van der Waals surface area contributed by atoms with Crippen LogP contribution in [0.2, 0.25) is 0 Å². The monoisotopic (exact) mass is 413 g/mol. The maximum atomic E-state index is 9.73. The lowest BCUT2D eigenvalue weighted by atomic mass is 9.97. The largest absolute Gasteiger partial charge is 0.465 e. The van der Waals surface area contributed by atoms with Crippen molar-refractivity contribution >= 4 is 5.69 Å². The molecule has 0 saturated carbocycles. The number of nitriles is 1. The van der Waals surface area contributed by atoms with Gasteiger partial charge >= 0.3 is 0 Å². The summed E-state index contributed by atoms with van der Waals surface area (Å²) in [6, 6.07) is 20.5. The molecule has 1 aliphatic rings. The van der Waals surface area contributed by atoms with E-state index in [0.717, 1.165) is 65.4 Å². The highest BCUT2D eigenvalue weighted by Gasteiger charge is 2.16. The minimum absolute atomic E-state index is 0.161. The second kappa shape index (κ2) is 9.20. The van der Waals surface area contributed by atoms with Crippen molar-refractivity contribution in [2.45, 2.75) is 32.5 Å². The molecule has 1 aliphatic heterocycles. The lowest BCUT2D eigenvalue weighted by molar-refractivity contribution is -0.105. The zero-order valence-electron chi connectivity index (χ0n) is 18.3. The van der Waals surface area contributed by atoms with Gasteiger partial charge in [0.15, 0.2) is 6.29 Å². The number of hydrogen-bond donors (Lipinski definition) is 0. The smallest absolute Gasteiger partial charge is 0.199 e. The molecule has 1 aromatic heterocycles. The Morgan fingerprint density at radius 1 is 1.03 bits per heavy atom. The van der Waals surface area contributed by atoms with Crippen LogP contribution in [0.5, 0.6) is 5.75 Å². The number of rotatable bonds is 5. The van der Waals surface area contributed by atoms with Crippen LogP contribution in [-0.2, 0) is 4.74 Å². The Labute approximate surface area is 183 Å². The summed E-state index contributed by atoms with van der Waals surface area (Å²) in [5.41, 5.74) is 6.16. The fraction of sp³-hybridized carbons (Fsp3) is 0.308. The van der Waals surface area contributed by atoms with Crippen molar-refractivity contribution in [3.05, 3.63) is 65.9 Å². The maximum Gasteiger partial charge on any atom is 0.199 e. The van der Waals surface area contributed by atoms with Crippen LogP contribution in [0.25, 0.3) is 22.4 Å². The zero-order valence-corrected chi connectivity index (χ0v) is 18.3. The minimum Gasteiger partial charge on any atom is -0.465 e. The van der Waals surface area contributed by atoms with Crippen molar-refractivity contribution in [1.82, 2.24) is 4.98 Å². The molecule has 1 saturated heterocycles. The minimum atomic E-state index is -0.161. The number of anilines is 1. The number of hydrogen-bond acceptors (Lipinski definition) is 5. The van der Waals surface area contributed by atoms with Crippen molar-refractivity contribution < 1.29 is 9.47 Å². The number of aryl methyl sites for hydroxylation is 1. The molecule has 2 heterocycles. The van der Waals surface area contributed by atoms with Crippen LogP contribution in [0.15, 0.2) is 54.6 Å². The Morgan fingerprint density at radius 3 is 2.35 bits per heavy atom. The summed E-state index contributed by atoms with van der Waals surface area (Å²) in [5, 5.41) is 9.73. The summed E-state index contributed by atoms with van der Waals surface area (Å²) in [5.74, 6) is 0.792. The third-order valence-electron chi connectivity index (χ3n) is 5.56. The van der Waals surface area contributed by atoms with Crippen molar-refractivity contribution in [1.29, 1.82) is 5.26 Å². The third kappa shape index (κ3) is 4.70. The average molecular weight is 414 g/mol. The van der Waals surface area contributed by atoms with Gasteiger partial charge < -0.3 is 14.4 Å². The van der Waals surface area contributed by atoms with E-state index in [1.165, 1.54) is 0 Å². The molecule has 0 radical (unpaired) electrons. The van der Waals surface area contributed by atoms with Crippen molar-refractivity contribution in [2.75, 3.05) is 25.6 Å². The summed E-state index contributed by atoms with van der Waals surface area (Å²) in [4.78, 5) is 6.75. The van der Waals surface area contributed by atoms with Gasteiger partial charge in [-0.2, -0.15) is 5.26 Å². The second-order valence-corrected chi connectivity index (χ2v) is 8.01.